The van der Waals surface area contributed by atoms with Crippen LogP contribution in [0.3, 0.4) is 0 Å². The highest BCUT2D eigenvalue weighted by atomic mass is 15.3. The third-order valence-electron chi connectivity index (χ3n) is 3.15. The second kappa shape index (κ2) is 5.61. The standard InChI is InChI=1S/C11H24N4/c1-9(2)7-10(13-12)11-8-14(3)5-6-15(11)4/h10-11,13H,1,5-8,12H2,2-4H3. The molecule has 15 heavy (non-hydrogen) atoms. The lowest BCUT2D eigenvalue weighted by atomic mass is 9.98. The van der Waals surface area contributed by atoms with Gasteiger partial charge < -0.3 is 4.90 Å². The molecule has 0 radical (unpaired) electrons. The zero-order chi connectivity index (χ0) is 11.4. The predicted octanol–water partition coefficient (Wildman–Crippen LogP) is 0.0303. The van der Waals surface area contributed by atoms with Gasteiger partial charge in [0.2, 0.25) is 0 Å². The summed E-state index contributed by atoms with van der Waals surface area (Å²) in [6, 6.07) is 0.778. The molecule has 1 aliphatic heterocycles. The first-order chi connectivity index (χ1) is 7.04. The Hall–Kier alpha value is -0.420. The second-order valence-electron chi connectivity index (χ2n) is 4.74. The quantitative estimate of drug-likeness (QED) is 0.392. The van der Waals surface area contributed by atoms with Crippen LogP contribution in [0.2, 0.25) is 0 Å². The predicted molar refractivity (Wildman–Crippen MR) is 64.5 cm³/mol. The summed E-state index contributed by atoms with van der Waals surface area (Å²) in [5, 5.41) is 0. The molecular weight excluding hydrogens is 188 g/mol. The van der Waals surface area contributed by atoms with Gasteiger partial charge in [0, 0.05) is 31.7 Å². The number of nitrogens with one attached hydrogen (secondary N) is 1. The molecule has 2 atom stereocenters. The summed E-state index contributed by atoms with van der Waals surface area (Å²) in [6.45, 7) is 9.32. The highest BCUT2D eigenvalue weighted by Crippen LogP contribution is 2.14. The van der Waals surface area contributed by atoms with Crippen molar-refractivity contribution in [3.8, 4) is 0 Å². The van der Waals surface area contributed by atoms with Crippen molar-refractivity contribution in [3.63, 3.8) is 0 Å². The summed E-state index contributed by atoms with van der Waals surface area (Å²) >= 11 is 0. The van der Waals surface area contributed by atoms with Gasteiger partial charge >= 0.3 is 0 Å². The zero-order valence-corrected chi connectivity index (χ0v) is 10.2. The highest BCUT2D eigenvalue weighted by Gasteiger charge is 2.28. The molecule has 1 fully saturated rings. The molecule has 1 saturated heterocycles. The summed E-state index contributed by atoms with van der Waals surface area (Å²) in [5.74, 6) is 5.62. The van der Waals surface area contributed by atoms with Crippen LogP contribution in [-0.4, -0.2) is 55.6 Å². The number of nitrogens with two attached hydrogens (primary N) is 1. The summed E-state index contributed by atoms with van der Waals surface area (Å²) in [6.07, 6.45) is 0.944. The maximum Gasteiger partial charge on any atom is 0.0415 e. The molecule has 0 saturated carbocycles. The van der Waals surface area contributed by atoms with Gasteiger partial charge in [-0.1, -0.05) is 5.57 Å². The van der Waals surface area contributed by atoms with Gasteiger partial charge in [-0.25, -0.2) is 0 Å². The Morgan fingerprint density at radius 3 is 2.73 bits per heavy atom. The number of likely N-dealkylation sites (N-methyl/N-ethyl adjacent to an activating group) is 2. The summed E-state index contributed by atoms with van der Waals surface area (Å²) < 4.78 is 0. The second-order valence-corrected chi connectivity index (χ2v) is 4.74. The molecule has 0 bridgehead atoms. The van der Waals surface area contributed by atoms with Crippen LogP contribution in [0, 0.1) is 0 Å². The van der Waals surface area contributed by atoms with E-state index in [9.17, 15) is 0 Å². The van der Waals surface area contributed by atoms with E-state index in [-0.39, 0.29) is 0 Å². The van der Waals surface area contributed by atoms with Crippen LogP contribution in [0.5, 0.6) is 0 Å². The molecule has 1 heterocycles. The van der Waals surface area contributed by atoms with Crippen LogP contribution in [-0.2, 0) is 0 Å². The lowest BCUT2D eigenvalue weighted by Gasteiger charge is -2.41. The largest absolute Gasteiger partial charge is 0.303 e. The van der Waals surface area contributed by atoms with E-state index in [2.05, 4.69) is 42.8 Å². The monoisotopic (exact) mass is 212 g/mol. The average Bonchev–Trinajstić information content (AvgIpc) is 2.18. The van der Waals surface area contributed by atoms with Gasteiger partial charge in [0.15, 0.2) is 0 Å². The molecule has 2 unspecified atom stereocenters. The van der Waals surface area contributed by atoms with Gasteiger partial charge in [0.05, 0.1) is 0 Å². The van der Waals surface area contributed by atoms with Crippen molar-refractivity contribution in [2.45, 2.75) is 25.4 Å². The van der Waals surface area contributed by atoms with Crippen molar-refractivity contribution in [2.75, 3.05) is 33.7 Å². The molecule has 3 N–H and O–H groups in total. The van der Waals surface area contributed by atoms with E-state index in [1.54, 1.807) is 0 Å². The number of hydrogen-bond donors (Lipinski definition) is 2. The fourth-order valence-corrected chi connectivity index (χ4v) is 2.16. The minimum atomic E-state index is 0.301. The molecule has 1 aliphatic rings. The van der Waals surface area contributed by atoms with Crippen LogP contribution in [0.15, 0.2) is 12.2 Å². The van der Waals surface area contributed by atoms with Crippen LogP contribution in [0.4, 0.5) is 0 Å². The number of nitrogens with zero attached hydrogens (tertiary/aromatic N) is 2. The van der Waals surface area contributed by atoms with E-state index >= 15 is 0 Å². The summed E-state index contributed by atoms with van der Waals surface area (Å²) in [4.78, 5) is 4.74. The molecule has 4 heteroatoms. The summed E-state index contributed by atoms with van der Waals surface area (Å²) in [7, 11) is 4.33. The van der Waals surface area contributed by atoms with E-state index in [4.69, 9.17) is 5.84 Å². The van der Waals surface area contributed by atoms with Crippen LogP contribution in [0.25, 0.3) is 0 Å². The molecule has 0 amide bonds. The van der Waals surface area contributed by atoms with Crippen molar-refractivity contribution in [2.24, 2.45) is 5.84 Å². The van der Waals surface area contributed by atoms with E-state index < -0.39 is 0 Å². The molecule has 0 aromatic heterocycles. The Labute approximate surface area is 93.1 Å². The molecule has 0 aliphatic carbocycles. The smallest absolute Gasteiger partial charge is 0.0415 e. The lowest BCUT2D eigenvalue weighted by molar-refractivity contribution is 0.0877. The molecule has 4 nitrogen and oxygen atoms in total. The van der Waals surface area contributed by atoms with Gasteiger partial charge in [-0.05, 0) is 27.4 Å². The van der Waals surface area contributed by atoms with Crippen LogP contribution in [0.1, 0.15) is 13.3 Å². The third-order valence-corrected chi connectivity index (χ3v) is 3.15. The Bertz CT molecular complexity index is 217. The number of piperazine rings is 1. The van der Waals surface area contributed by atoms with Crippen molar-refractivity contribution in [1.29, 1.82) is 0 Å². The van der Waals surface area contributed by atoms with Crippen LogP contribution >= 0.6 is 0 Å². The Morgan fingerprint density at radius 2 is 2.20 bits per heavy atom. The summed E-state index contributed by atoms with van der Waals surface area (Å²) in [5.41, 5.74) is 4.11. The number of rotatable bonds is 4. The average molecular weight is 212 g/mol. The SMILES string of the molecule is C=C(C)CC(NN)C1CN(C)CCN1C. The molecule has 1 rings (SSSR count). The normalized spacial score (nSPS) is 26.5. The van der Waals surface area contributed by atoms with Crippen molar-refractivity contribution < 1.29 is 0 Å². The first-order valence-corrected chi connectivity index (χ1v) is 5.54. The Morgan fingerprint density at radius 1 is 1.53 bits per heavy atom. The fraction of sp³-hybridized carbons (Fsp3) is 0.818. The van der Waals surface area contributed by atoms with Gasteiger partial charge in [-0.3, -0.25) is 16.2 Å². The van der Waals surface area contributed by atoms with Crippen LogP contribution < -0.4 is 11.3 Å². The topological polar surface area (TPSA) is 44.5 Å². The zero-order valence-electron chi connectivity index (χ0n) is 10.2. The fourth-order valence-electron chi connectivity index (χ4n) is 2.16. The minimum Gasteiger partial charge on any atom is -0.303 e. The van der Waals surface area contributed by atoms with Gasteiger partial charge in [0.25, 0.3) is 0 Å². The third kappa shape index (κ3) is 3.57. The molecule has 0 aromatic rings. The van der Waals surface area contributed by atoms with Crippen molar-refractivity contribution in [3.05, 3.63) is 12.2 Å². The molecular formula is C11H24N4. The Kier molecular flexibility index (Phi) is 4.73. The lowest BCUT2D eigenvalue weighted by Crippen LogP contribution is -2.59. The number of hydrazine groups is 1. The molecule has 88 valence electrons. The number of hydrogen-bond acceptors (Lipinski definition) is 4. The Balaban J connectivity index is 2.59. The first-order valence-electron chi connectivity index (χ1n) is 5.54. The van der Waals surface area contributed by atoms with Gasteiger partial charge in [-0.2, -0.15) is 0 Å². The van der Waals surface area contributed by atoms with Gasteiger partial charge in [-0.15, -0.1) is 6.58 Å². The maximum atomic E-state index is 5.62. The van der Waals surface area contributed by atoms with E-state index in [1.807, 2.05) is 0 Å². The highest BCUT2D eigenvalue weighted by molar-refractivity contribution is 4.98. The van der Waals surface area contributed by atoms with Gasteiger partial charge in [0.1, 0.15) is 0 Å². The van der Waals surface area contributed by atoms with E-state index in [0.29, 0.717) is 12.1 Å². The molecule has 0 aromatic carbocycles. The minimum absolute atomic E-state index is 0.301. The maximum absolute atomic E-state index is 5.62. The van der Waals surface area contributed by atoms with E-state index in [0.717, 1.165) is 26.1 Å². The van der Waals surface area contributed by atoms with Crippen molar-refractivity contribution in [1.82, 2.24) is 15.2 Å². The molecule has 0 spiro atoms. The van der Waals surface area contributed by atoms with E-state index in [1.165, 1.54) is 5.57 Å². The van der Waals surface area contributed by atoms with Crippen molar-refractivity contribution >= 4 is 0 Å². The first kappa shape index (κ1) is 12.6.